The van der Waals surface area contributed by atoms with Crippen molar-refractivity contribution in [1.29, 1.82) is 0 Å². The molecule has 0 aliphatic carbocycles. The van der Waals surface area contributed by atoms with Crippen molar-refractivity contribution in [2.24, 2.45) is 19.1 Å². The van der Waals surface area contributed by atoms with Gasteiger partial charge in [-0.25, -0.2) is 0 Å². The molecule has 1 N–H and O–H groups in total. The van der Waals surface area contributed by atoms with E-state index in [2.05, 4.69) is 0 Å². The van der Waals surface area contributed by atoms with Crippen molar-refractivity contribution in [2.75, 3.05) is 21.3 Å². The van der Waals surface area contributed by atoms with Gasteiger partial charge in [-0.3, -0.25) is 18.9 Å². The quantitative estimate of drug-likeness (QED) is 0.516. The lowest BCUT2D eigenvalue weighted by Gasteiger charge is -2.22. The summed E-state index contributed by atoms with van der Waals surface area (Å²) in [5.41, 5.74) is 1.76. The van der Waals surface area contributed by atoms with E-state index >= 15 is 0 Å². The normalized spacial score (nSPS) is 15.2. The Morgan fingerprint density at radius 3 is 2.41 bits per heavy atom. The van der Waals surface area contributed by atoms with Gasteiger partial charge in [-0.1, -0.05) is 18.2 Å². The molecule has 0 spiro atoms. The van der Waals surface area contributed by atoms with Crippen LogP contribution in [0.1, 0.15) is 22.8 Å². The number of thioether (sulfide) groups is 1. The fourth-order valence-corrected chi connectivity index (χ4v) is 5.43. The van der Waals surface area contributed by atoms with Gasteiger partial charge in [0, 0.05) is 36.2 Å². The largest absolute Gasteiger partial charge is 0.494 e. The first-order valence-electron chi connectivity index (χ1n) is 10.4. The number of para-hydroxylation sites is 1. The summed E-state index contributed by atoms with van der Waals surface area (Å²) >= 11 is 6.89. The molecule has 1 aromatic heterocycles. The smallest absolute Gasteiger partial charge is 0.267 e. The van der Waals surface area contributed by atoms with Gasteiger partial charge in [-0.2, -0.15) is 0 Å². The maximum atomic E-state index is 13.2. The zero-order valence-electron chi connectivity index (χ0n) is 19.5. The average Bonchev–Trinajstić information content (AvgIpc) is 3.04. The second-order valence-electron chi connectivity index (χ2n) is 7.66. The van der Waals surface area contributed by atoms with Gasteiger partial charge in [0.1, 0.15) is 5.56 Å². The van der Waals surface area contributed by atoms with Gasteiger partial charge in [-0.05, 0) is 30.4 Å². The zero-order chi connectivity index (χ0) is 24.6. The number of hydrogen-bond donors (Lipinski definition) is 1. The van der Waals surface area contributed by atoms with Crippen LogP contribution < -0.4 is 19.8 Å². The van der Waals surface area contributed by atoms with E-state index in [9.17, 15) is 9.90 Å². The van der Waals surface area contributed by atoms with Gasteiger partial charge in [0.25, 0.3) is 5.56 Å². The minimum atomic E-state index is -0.401. The minimum Gasteiger partial charge on any atom is -0.494 e. The fraction of sp³-hybridized carbons (Fsp3) is 0.292. The van der Waals surface area contributed by atoms with E-state index in [4.69, 9.17) is 31.4 Å². The summed E-state index contributed by atoms with van der Waals surface area (Å²) in [4.78, 5) is 19.0. The highest BCUT2D eigenvalue weighted by Crippen LogP contribution is 2.51. The van der Waals surface area contributed by atoms with Crippen molar-refractivity contribution in [2.45, 2.75) is 16.6 Å². The molecule has 10 heteroatoms. The number of nitrogens with zero attached hydrogens (tertiary/aromatic N) is 3. The number of methoxy groups -OCH3 is 3. The predicted octanol–water partition coefficient (Wildman–Crippen LogP) is 4.54. The summed E-state index contributed by atoms with van der Waals surface area (Å²) in [5, 5.41) is 10.7. The van der Waals surface area contributed by atoms with Crippen molar-refractivity contribution in [1.82, 2.24) is 9.13 Å². The van der Waals surface area contributed by atoms with E-state index < -0.39 is 5.56 Å². The van der Waals surface area contributed by atoms with Crippen LogP contribution in [-0.2, 0) is 14.1 Å². The lowest BCUT2D eigenvalue weighted by atomic mass is 10.0. The Kier molecular flexibility index (Phi) is 6.72. The number of aromatic nitrogens is 2. The van der Waals surface area contributed by atoms with Crippen LogP contribution in [0.3, 0.4) is 0 Å². The van der Waals surface area contributed by atoms with Gasteiger partial charge in [0.05, 0.1) is 32.7 Å². The Hall–Kier alpha value is -3.24. The molecule has 0 bridgehead atoms. The standard InChI is InChI=1S/C24H25N3O5S2/c1-26-22(28)19(23(29)27(2)24(26)33)15-12-18(34-17-9-7-6-8-14(17)25-15)13-10-11-16(30-3)21(32-5)20(13)31-4/h6-11,18,28H,12H2,1-5H3. The van der Waals surface area contributed by atoms with Crippen LogP contribution in [0.25, 0.3) is 0 Å². The fourth-order valence-electron chi connectivity index (χ4n) is 4.01. The van der Waals surface area contributed by atoms with Gasteiger partial charge in [0.2, 0.25) is 11.6 Å². The second-order valence-corrected chi connectivity index (χ2v) is 9.27. The van der Waals surface area contributed by atoms with Crippen molar-refractivity contribution in [3.8, 4) is 23.1 Å². The van der Waals surface area contributed by atoms with Crippen molar-refractivity contribution in [3.05, 3.63) is 62.6 Å². The molecule has 0 radical (unpaired) electrons. The molecule has 0 saturated heterocycles. The molecule has 0 saturated carbocycles. The van der Waals surface area contributed by atoms with E-state index in [0.29, 0.717) is 29.4 Å². The molecule has 1 unspecified atom stereocenters. The molecule has 0 fully saturated rings. The third kappa shape index (κ3) is 3.97. The van der Waals surface area contributed by atoms with Crippen LogP contribution in [0.15, 0.2) is 51.1 Å². The van der Waals surface area contributed by atoms with Crippen molar-refractivity contribution in [3.63, 3.8) is 0 Å². The summed E-state index contributed by atoms with van der Waals surface area (Å²) in [6.45, 7) is 0. The summed E-state index contributed by atoms with van der Waals surface area (Å²) < 4.78 is 19.7. The first kappa shape index (κ1) is 23.9. The summed E-state index contributed by atoms with van der Waals surface area (Å²) in [7, 11) is 7.91. The van der Waals surface area contributed by atoms with Crippen LogP contribution in [0.4, 0.5) is 5.69 Å². The first-order chi connectivity index (χ1) is 16.3. The third-order valence-corrected chi connectivity index (χ3v) is 7.62. The Labute approximate surface area is 206 Å². The molecule has 1 atom stereocenters. The maximum absolute atomic E-state index is 13.2. The van der Waals surface area contributed by atoms with Gasteiger partial charge < -0.3 is 19.3 Å². The van der Waals surface area contributed by atoms with Gasteiger partial charge >= 0.3 is 0 Å². The molecule has 178 valence electrons. The Morgan fingerprint density at radius 1 is 1.03 bits per heavy atom. The number of hydrogen-bond acceptors (Lipinski definition) is 8. The number of aromatic hydroxyl groups is 1. The predicted molar refractivity (Wildman–Crippen MR) is 135 cm³/mol. The molecule has 1 aliphatic rings. The highest BCUT2D eigenvalue weighted by atomic mass is 32.2. The summed E-state index contributed by atoms with van der Waals surface area (Å²) in [6.07, 6.45) is 0.352. The lowest BCUT2D eigenvalue weighted by molar-refractivity contribution is 0.322. The van der Waals surface area contributed by atoms with E-state index in [0.717, 1.165) is 16.1 Å². The van der Waals surface area contributed by atoms with E-state index in [1.165, 1.54) is 9.13 Å². The maximum Gasteiger partial charge on any atom is 0.267 e. The topological polar surface area (TPSA) is 87.2 Å². The molecule has 2 aromatic carbocycles. The summed E-state index contributed by atoms with van der Waals surface area (Å²) in [5.74, 6) is 1.37. The Bertz CT molecular complexity index is 1410. The second kappa shape index (κ2) is 9.55. The van der Waals surface area contributed by atoms with Crippen molar-refractivity contribution < 1.29 is 19.3 Å². The van der Waals surface area contributed by atoms with Crippen molar-refractivity contribution >= 4 is 35.4 Å². The molecule has 8 nitrogen and oxygen atoms in total. The number of rotatable bonds is 5. The minimum absolute atomic E-state index is 0.125. The average molecular weight is 500 g/mol. The molecule has 1 aliphatic heterocycles. The van der Waals surface area contributed by atoms with E-state index in [1.807, 2.05) is 36.4 Å². The van der Waals surface area contributed by atoms with E-state index in [1.54, 1.807) is 47.2 Å². The SMILES string of the molecule is COc1ccc(C2CC(c3c(O)n(C)c(=S)n(C)c3=O)=Nc3ccccc3S2)c(OC)c1OC. The van der Waals surface area contributed by atoms with Crippen LogP contribution in [0, 0.1) is 4.77 Å². The van der Waals surface area contributed by atoms with Crippen LogP contribution in [0.2, 0.25) is 0 Å². The Balaban J connectivity index is 1.96. The zero-order valence-corrected chi connectivity index (χ0v) is 21.1. The first-order valence-corrected chi connectivity index (χ1v) is 11.7. The highest BCUT2D eigenvalue weighted by Gasteiger charge is 2.30. The molecule has 0 amide bonds. The van der Waals surface area contributed by atoms with Crippen LogP contribution in [-0.4, -0.2) is 41.3 Å². The highest BCUT2D eigenvalue weighted by molar-refractivity contribution is 7.99. The number of benzene rings is 2. The number of ether oxygens (including phenoxy) is 3. The van der Waals surface area contributed by atoms with E-state index in [-0.39, 0.29) is 21.5 Å². The van der Waals surface area contributed by atoms with Crippen LogP contribution in [0.5, 0.6) is 23.1 Å². The molecular formula is C24H25N3O5S2. The van der Waals surface area contributed by atoms with Gasteiger partial charge in [-0.15, -0.1) is 11.8 Å². The molecule has 34 heavy (non-hydrogen) atoms. The Morgan fingerprint density at radius 2 is 1.74 bits per heavy atom. The molecular weight excluding hydrogens is 474 g/mol. The molecule has 2 heterocycles. The lowest BCUT2D eigenvalue weighted by Crippen LogP contribution is -2.29. The molecule has 3 aromatic rings. The monoisotopic (exact) mass is 499 g/mol. The molecule has 4 rings (SSSR count). The van der Waals surface area contributed by atoms with Crippen LogP contribution >= 0.6 is 24.0 Å². The number of aliphatic imine (C=N–C) groups is 1. The summed E-state index contributed by atoms with van der Waals surface area (Å²) in [6, 6.07) is 11.5. The third-order valence-electron chi connectivity index (χ3n) is 5.77. The number of fused-ring (bicyclic) bond motifs is 1. The van der Waals surface area contributed by atoms with Gasteiger partial charge in [0.15, 0.2) is 16.3 Å².